The maximum absolute atomic E-state index is 4.04. The Bertz CT molecular complexity index is 629. The first kappa shape index (κ1) is 10.5. The Morgan fingerprint density at radius 2 is 1.89 bits per heavy atom. The van der Waals surface area contributed by atoms with Crippen LogP contribution < -0.4 is 0 Å². The van der Waals surface area contributed by atoms with Crippen molar-refractivity contribution in [2.45, 2.75) is 0 Å². The normalized spacial score (nSPS) is 10.2. The molecule has 18 heavy (non-hydrogen) atoms. The van der Waals surface area contributed by atoms with E-state index in [2.05, 4.69) is 15.1 Å². The summed E-state index contributed by atoms with van der Waals surface area (Å²) in [6, 6.07) is 9.81. The molecule has 4 aromatic heterocycles. The van der Waals surface area contributed by atoms with Gasteiger partial charge >= 0.3 is 0 Å². The first-order valence-corrected chi connectivity index (χ1v) is 5.54. The fourth-order valence-electron chi connectivity index (χ4n) is 1.64. The lowest BCUT2D eigenvalue weighted by molar-refractivity contribution is 0.961. The highest BCUT2D eigenvalue weighted by molar-refractivity contribution is 5.44. The van der Waals surface area contributed by atoms with Crippen molar-refractivity contribution in [3.8, 4) is 0 Å². The van der Waals surface area contributed by atoms with Crippen LogP contribution in [0.25, 0.3) is 11.2 Å². The number of rotatable bonds is 0. The highest BCUT2D eigenvalue weighted by Gasteiger charge is 1.86. The van der Waals surface area contributed by atoms with Gasteiger partial charge in [-0.15, -0.1) is 0 Å². The van der Waals surface area contributed by atoms with Crippen LogP contribution in [-0.2, 0) is 0 Å². The van der Waals surface area contributed by atoms with E-state index in [1.807, 2.05) is 51.6 Å². The van der Waals surface area contributed by atoms with E-state index >= 15 is 0 Å². The fourth-order valence-corrected chi connectivity index (χ4v) is 1.64. The van der Waals surface area contributed by atoms with E-state index in [0.29, 0.717) is 0 Å². The molecule has 0 saturated carbocycles. The summed E-state index contributed by atoms with van der Waals surface area (Å²) in [5, 5.41) is 4.04. The average Bonchev–Trinajstić information content (AvgIpc) is 3.08. The van der Waals surface area contributed by atoms with Gasteiger partial charge in [0.25, 0.3) is 0 Å². The molecule has 0 spiro atoms. The van der Waals surface area contributed by atoms with Crippen molar-refractivity contribution in [1.29, 1.82) is 0 Å². The number of hydrogen-bond acceptors (Lipinski definition) is 3. The van der Waals surface area contributed by atoms with Crippen molar-refractivity contribution in [2.75, 3.05) is 0 Å². The molecule has 0 aliphatic heterocycles. The van der Waals surface area contributed by atoms with E-state index in [9.17, 15) is 0 Å². The van der Waals surface area contributed by atoms with Crippen molar-refractivity contribution in [1.82, 2.24) is 24.0 Å². The molecule has 0 aliphatic rings. The summed E-state index contributed by atoms with van der Waals surface area (Å²) in [4.78, 5) is 7.95. The largest absolute Gasteiger partial charge is 0.290 e. The number of imidazole rings is 1. The van der Waals surface area contributed by atoms with Crippen LogP contribution in [0.3, 0.4) is 0 Å². The molecule has 4 aromatic rings. The van der Waals surface area contributed by atoms with Gasteiger partial charge in [-0.05, 0) is 24.3 Å². The third-order valence-electron chi connectivity index (χ3n) is 2.51. The molecular weight excluding hydrogens is 226 g/mol. The zero-order chi connectivity index (χ0) is 12.2. The van der Waals surface area contributed by atoms with Crippen molar-refractivity contribution in [2.24, 2.45) is 0 Å². The molecule has 0 atom stereocenters. The van der Waals surface area contributed by atoms with Crippen LogP contribution in [0.2, 0.25) is 0 Å². The Hall–Kier alpha value is -2.69. The van der Waals surface area contributed by atoms with Gasteiger partial charge in [-0.3, -0.25) is 4.40 Å². The highest BCUT2D eigenvalue weighted by Crippen LogP contribution is 1.98. The van der Waals surface area contributed by atoms with Gasteiger partial charge < -0.3 is 0 Å². The van der Waals surface area contributed by atoms with Crippen molar-refractivity contribution < 1.29 is 0 Å². The molecule has 0 N–H and O–H groups in total. The van der Waals surface area contributed by atoms with Crippen LogP contribution in [0.4, 0.5) is 0 Å². The number of fused-ring (bicyclic) bond motifs is 2. The van der Waals surface area contributed by atoms with Gasteiger partial charge in [0.1, 0.15) is 12.0 Å². The maximum Gasteiger partial charge on any atom is 0.139 e. The SMILES string of the molecule is c1cc2nccn2cn1.c1ccn2nccc2c1. The lowest BCUT2D eigenvalue weighted by atomic mass is 10.4. The predicted octanol–water partition coefficient (Wildman–Crippen LogP) is 2.06. The molecule has 5 nitrogen and oxygen atoms in total. The van der Waals surface area contributed by atoms with Crippen LogP contribution in [0.1, 0.15) is 0 Å². The minimum absolute atomic E-state index is 0.935. The van der Waals surface area contributed by atoms with Crippen molar-refractivity contribution in [3.63, 3.8) is 0 Å². The van der Waals surface area contributed by atoms with Gasteiger partial charge in [0.05, 0.1) is 5.52 Å². The minimum Gasteiger partial charge on any atom is -0.290 e. The van der Waals surface area contributed by atoms with E-state index < -0.39 is 0 Å². The third kappa shape index (κ3) is 2.06. The van der Waals surface area contributed by atoms with E-state index in [1.54, 1.807) is 24.9 Å². The van der Waals surface area contributed by atoms with Crippen molar-refractivity contribution in [3.05, 3.63) is 67.6 Å². The molecule has 0 amide bonds. The Morgan fingerprint density at radius 3 is 2.78 bits per heavy atom. The number of aromatic nitrogens is 5. The third-order valence-corrected chi connectivity index (χ3v) is 2.51. The molecule has 0 bridgehead atoms. The van der Waals surface area contributed by atoms with Crippen LogP contribution in [0.5, 0.6) is 0 Å². The van der Waals surface area contributed by atoms with Crippen molar-refractivity contribution >= 4 is 11.2 Å². The quantitative estimate of drug-likeness (QED) is 0.470. The molecule has 0 aromatic carbocycles. The molecule has 0 aliphatic carbocycles. The van der Waals surface area contributed by atoms with E-state index in [4.69, 9.17) is 0 Å². The van der Waals surface area contributed by atoms with Gasteiger partial charge in [-0.1, -0.05) is 6.07 Å². The van der Waals surface area contributed by atoms with Gasteiger partial charge in [0, 0.05) is 31.0 Å². The smallest absolute Gasteiger partial charge is 0.139 e. The zero-order valence-corrected chi connectivity index (χ0v) is 9.59. The Labute approximate surface area is 103 Å². The van der Waals surface area contributed by atoms with Gasteiger partial charge in [-0.2, -0.15) is 5.10 Å². The van der Waals surface area contributed by atoms with Crippen LogP contribution in [-0.4, -0.2) is 24.0 Å². The topological polar surface area (TPSA) is 47.5 Å². The number of nitrogens with zero attached hydrogens (tertiary/aromatic N) is 5. The van der Waals surface area contributed by atoms with Gasteiger partial charge in [0.15, 0.2) is 0 Å². The van der Waals surface area contributed by atoms with Crippen LogP contribution in [0, 0.1) is 0 Å². The first-order chi connectivity index (χ1) is 8.93. The lowest BCUT2D eigenvalue weighted by Gasteiger charge is -1.86. The van der Waals surface area contributed by atoms with Crippen LogP contribution in [0.15, 0.2) is 67.6 Å². The Kier molecular flexibility index (Phi) is 2.71. The standard InChI is InChI=1S/C7H6N2.C6H5N3/c1-2-6-9-7(3-1)4-5-8-9;1-2-7-5-9-4-3-8-6(1)9/h1-6H;1-5H. The Balaban J connectivity index is 0.000000111. The lowest BCUT2D eigenvalue weighted by Crippen LogP contribution is -1.81. The summed E-state index contributed by atoms with van der Waals surface area (Å²) in [5.74, 6) is 0. The van der Waals surface area contributed by atoms with Crippen LogP contribution >= 0.6 is 0 Å². The predicted molar refractivity (Wildman–Crippen MR) is 68.2 cm³/mol. The maximum atomic E-state index is 4.04. The second-order valence-corrected chi connectivity index (χ2v) is 3.67. The van der Waals surface area contributed by atoms with Gasteiger partial charge in [0.2, 0.25) is 0 Å². The highest BCUT2D eigenvalue weighted by atomic mass is 15.2. The fraction of sp³-hybridized carbons (Fsp3) is 0. The molecule has 0 fully saturated rings. The summed E-state index contributed by atoms with van der Waals surface area (Å²) in [6.07, 6.45) is 10.8. The Morgan fingerprint density at radius 1 is 0.889 bits per heavy atom. The van der Waals surface area contributed by atoms with E-state index in [0.717, 1.165) is 11.2 Å². The van der Waals surface area contributed by atoms with Gasteiger partial charge in [-0.25, -0.2) is 14.5 Å². The molecule has 0 saturated heterocycles. The molecule has 5 heteroatoms. The second kappa shape index (κ2) is 4.67. The molecule has 0 radical (unpaired) electrons. The summed E-state index contributed by atoms with van der Waals surface area (Å²) >= 11 is 0. The molecular formula is C13H11N5. The monoisotopic (exact) mass is 237 g/mol. The number of hydrogen-bond donors (Lipinski definition) is 0. The molecule has 88 valence electrons. The van der Waals surface area contributed by atoms with E-state index in [1.165, 1.54) is 0 Å². The zero-order valence-electron chi connectivity index (χ0n) is 9.59. The summed E-state index contributed by atoms with van der Waals surface area (Å²) < 4.78 is 3.69. The second-order valence-electron chi connectivity index (χ2n) is 3.67. The van der Waals surface area contributed by atoms with E-state index in [-0.39, 0.29) is 0 Å². The average molecular weight is 237 g/mol. The summed E-state index contributed by atoms with van der Waals surface area (Å²) in [6.45, 7) is 0. The minimum atomic E-state index is 0.935. The molecule has 4 rings (SSSR count). The molecule has 4 heterocycles. The summed E-state index contributed by atoms with van der Waals surface area (Å²) in [7, 11) is 0. The first-order valence-electron chi connectivity index (χ1n) is 5.54. The number of pyridine rings is 1. The summed E-state index contributed by atoms with van der Waals surface area (Å²) in [5.41, 5.74) is 2.07. The molecule has 0 unspecified atom stereocenters.